The second kappa shape index (κ2) is 11.2. The second-order valence-corrected chi connectivity index (χ2v) is 9.69. The van der Waals surface area contributed by atoms with Gasteiger partial charge in [0.1, 0.15) is 12.7 Å². The Morgan fingerprint density at radius 2 is 1.97 bits per heavy atom. The number of ether oxygens (including phenoxy) is 3. The number of amides is 1. The van der Waals surface area contributed by atoms with Gasteiger partial charge < -0.3 is 19.5 Å². The van der Waals surface area contributed by atoms with Crippen molar-refractivity contribution in [1.82, 2.24) is 9.47 Å². The number of nitrogens with one attached hydrogen (secondary N) is 1. The van der Waals surface area contributed by atoms with Crippen LogP contribution in [0.5, 0.6) is 5.75 Å². The highest BCUT2D eigenvalue weighted by atomic mass is 19.3. The van der Waals surface area contributed by atoms with Crippen LogP contribution in [-0.2, 0) is 14.3 Å². The lowest BCUT2D eigenvalue weighted by atomic mass is 9.78. The third-order valence-corrected chi connectivity index (χ3v) is 6.57. The molecule has 5 rings (SSSR count). The van der Waals surface area contributed by atoms with Crippen LogP contribution in [0, 0.1) is 24.0 Å². The zero-order valence-corrected chi connectivity index (χ0v) is 20.3. The lowest BCUT2D eigenvalue weighted by Crippen LogP contribution is -2.66. The van der Waals surface area contributed by atoms with Crippen LogP contribution in [0.15, 0.2) is 30.6 Å². The first-order valence-electron chi connectivity index (χ1n) is 12.0. The van der Waals surface area contributed by atoms with E-state index in [1.54, 1.807) is 6.92 Å². The predicted molar refractivity (Wildman–Crippen MR) is 124 cm³/mol. The highest BCUT2D eigenvalue weighted by Gasteiger charge is 2.48. The molecule has 1 amide bonds. The number of alkyl halides is 2. The lowest BCUT2D eigenvalue weighted by Gasteiger charge is -2.55. The van der Waals surface area contributed by atoms with Crippen LogP contribution < -0.4 is 10.1 Å². The van der Waals surface area contributed by atoms with Crippen molar-refractivity contribution in [3.8, 4) is 5.75 Å². The number of anilines is 1. The number of aryl methyl sites for hydroxylation is 1. The predicted octanol–water partition coefficient (Wildman–Crippen LogP) is 4.37. The monoisotopic (exact) mass is 513 g/mol. The first kappa shape index (κ1) is 26.4. The molecule has 2 aromatic rings. The minimum Gasteiger partial charge on any atom is -0.489 e. The summed E-state index contributed by atoms with van der Waals surface area (Å²) < 4.78 is 67.8. The highest BCUT2D eigenvalue weighted by molar-refractivity contribution is 5.94. The minimum atomic E-state index is -2.60. The van der Waals surface area contributed by atoms with E-state index in [1.165, 1.54) is 24.5 Å². The van der Waals surface area contributed by atoms with E-state index in [0.29, 0.717) is 29.7 Å². The number of carbonyl (C=O) groups excluding carboxylic acids is 1. The molecule has 4 heterocycles. The van der Waals surface area contributed by atoms with Gasteiger partial charge in [-0.2, -0.15) is 13.2 Å². The van der Waals surface area contributed by atoms with Crippen molar-refractivity contribution in [1.29, 1.82) is 0 Å². The van der Waals surface area contributed by atoms with Crippen molar-refractivity contribution in [2.45, 2.75) is 45.4 Å². The lowest BCUT2D eigenvalue weighted by molar-refractivity contribution is -0.189. The number of hydrogen-bond acceptors (Lipinski definition) is 5. The fourth-order valence-corrected chi connectivity index (χ4v) is 4.55. The normalized spacial score (nSPS) is 22.5. The number of hydrogen-bond donors (Lipinski definition) is 1. The number of rotatable bonds is 7. The van der Waals surface area contributed by atoms with E-state index in [4.69, 9.17) is 14.2 Å². The molecule has 3 fully saturated rings. The molecule has 1 N–H and O–H groups in total. The Morgan fingerprint density at radius 3 is 2.56 bits per heavy atom. The van der Waals surface area contributed by atoms with Crippen LogP contribution in [0.2, 0.25) is 0 Å². The molecule has 1 aromatic carbocycles. The molecule has 3 saturated heterocycles. The molecule has 2 atom stereocenters. The quantitative estimate of drug-likeness (QED) is 0.557. The summed E-state index contributed by atoms with van der Waals surface area (Å²) in [6.07, 6.45) is 3.65. The molecule has 0 saturated carbocycles. The first-order valence-corrected chi connectivity index (χ1v) is 12.0. The average molecular weight is 514 g/mol. The molecular formula is C25H31F4N3O4. The van der Waals surface area contributed by atoms with Gasteiger partial charge in [-0.15, -0.1) is 0 Å². The average Bonchev–Trinajstić information content (AvgIpc) is 3.37. The third-order valence-electron chi connectivity index (χ3n) is 6.57. The first-order chi connectivity index (χ1) is 17.2. The van der Waals surface area contributed by atoms with Crippen molar-refractivity contribution in [3.05, 3.63) is 47.8 Å². The van der Waals surface area contributed by atoms with Crippen LogP contribution in [-0.4, -0.2) is 67.0 Å². The Labute approximate surface area is 207 Å². The molecule has 7 nitrogen and oxygen atoms in total. The summed E-state index contributed by atoms with van der Waals surface area (Å²) in [7, 11) is 0. The van der Waals surface area contributed by atoms with Crippen LogP contribution in [0.4, 0.5) is 23.2 Å². The number of nitrogens with zero attached hydrogens (tertiary/aromatic N) is 2. The van der Waals surface area contributed by atoms with Crippen molar-refractivity contribution >= 4 is 11.6 Å². The van der Waals surface area contributed by atoms with E-state index >= 15 is 0 Å². The summed E-state index contributed by atoms with van der Waals surface area (Å²) in [5.41, 5.74) is 1.39. The number of benzene rings is 1. The third kappa shape index (κ3) is 6.19. The zero-order chi connectivity index (χ0) is 25.9. The van der Waals surface area contributed by atoms with E-state index in [9.17, 15) is 22.4 Å². The number of halogens is 4. The molecule has 198 valence electrons. The van der Waals surface area contributed by atoms with Crippen molar-refractivity contribution < 1.29 is 36.6 Å². The molecular weight excluding hydrogens is 482 g/mol. The van der Waals surface area contributed by atoms with Crippen LogP contribution in [0.1, 0.15) is 31.9 Å². The zero-order valence-electron chi connectivity index (χ0n) is 20.3. The Bertz CT molecular complexity index is 1050. The van der Waals surface area contributed by atoms with Crippen LogP contribution in [0.25, 0.3) is 0 Å². The Kier molecular flexibility index (Phi) is 8.21. The van der Waals surface area contributed by atoms with Gasteiger partial charge in [0.2, 0.25) is 5.82 Å². The van der Waals surface area contributed by atoms with E-state index < -0.39 is 24.3 Å². The Morgan fingerprint density at radius 1 is 1.22 bits per heavy atom. The Hall–Kier alpha value is -2.63. The van der Waals surface area contributed by atoms with Gasteiger partial charge in [-0.25, -0.2) is 4.39 Å². The number of carbonyl (C=O) groups is 1. The molecule has 1 spiro atoms. The smallest absolute Gasteiger partial charge is 0.318 e. The SMILES string of the molecule is Cc1cn(C(F)F)cc1NC(=O)C1CCC(C)O1.Fc1cccc(OCCN2CC3(COC3)C2)c1F. The standard InChI is InChI=1S/C13H15F2NO2.C12H16F2N2O2/c14-10-2-1-3-11(12(10)15)18-5-4-16-6-13(7-16)8-17-9-13;1-7-5-16(12(13)14)6-9(7)15-11(17)10-4-3-8(2)18-10/h1-3H,4-9H2;5-6,8,10,12H,3-4H2,1-2H3,(H,15,17). The maximum atomic E-state index is 13.3. The van der Waals surface area contributed by atoms with Gasteiger partial charge in [-0.05, 0) is 44.4 Å². The van der Waals surface area contributed by atoms with Gasteiger partial charge in [-0.1, -0.05) is 6.07 Å². The molecule has 3 aliphatic heterocycles. The summed E-state index contributed by atoms with van der Waals surface area (Å²) in [4.78, 5) is 14.1. The van der Waals surface area contributed by atoms with Gasteiger partial charge in [0, 0.05) is 37.4 Å². The molecule has 1 aromatic heterocycles. The summed E-state index contributed by atoms with van der Waals surface area (Å²) in [6, 6.07) is 3.96. The molecule has 0 aliphatic carbocycles. The van der Waals surface area contributed by atoms with E-state index in [-0.39, 0.29) is 17.8 Å². The topological polar surface area (TPSA) is 65.0 Å². The molecule has 0 radical (unpaired) electrons. The minimum absolute atomic E-state index is 0.0165. The fourth-order valence-electron chi connectivity index (χ4n) is 4.55. The maximum Gasteiger partial charge on any atom is 0.318 e. The van der Waals surface area contributed by atoms with Crippen molar-refractivity contribution in [3.63, 3.8) is 0 Å². The number of aromatic nitrogens is 1. The fraction of sp³-hybridized carbons (Fsp3) is 0.560. The molecule has 2 unspecified atom stereocenters. The van der Waals surface area contributed by atoms with Crippen molar-refractivity contribution in [2.75, 3.05) is 44.8 Å². The maximum absolute atomic E-state index is 13.3. The Balaban J connectivity index is 0.000000169. The number of likely N-dealkylation sites (tertiary alicyclic amines) is 1. The van der Waals surface area contributed by atoms with Gasteiger partial charge in [-0.3, -0.25) is 14.3 Å². The highest BCUT2D eigenvalue weighted by Crippen LogP contribution is 2.37. The summed E-state index contributed by atoms with van der Waals surface area (Å²) in [6.45, 7) is 5.82. The van der Waals surface area contributed by atoms with Crippen LogP contribution >= 0.6 is 0 Å². The van der Waals surface area contributed by atoms with E-state index in [0.717, 1.165) is 49.9 Å². The molecule has 0 bridgehead atoms. The van der Waals surface area contributed by atoms with Gasteiger partial charge in [0.25, 0.3) is 5.91 Å². The summed E-state index contributed by atoms with van der Waals surface area (Å²) >= 11 is 0. The molecule has 36 heavy (non-hydrogen) atoms. The van der Waals surface area contributed by atoms with E-state index in [1.807, 2.05) is 6.92 Å². The van der Waals surface area contributed by atoms with Gasteiger partial charge in [0.15, 0.2) is 11.6 Å². The van der Waals surface area contributed by atoms with Crippen LogP contribution in [0.3, 0.4) is 0 Å². The summed E-state index contributed by atoms with van der Waals surface area (Å²) in [5.74, 6) is -2.07. The molecule has 3 aliphatic rings. The van der Waals surface area contributed by atoms with Gasteiger partial charge >= 0.3 is 6.55 Å². The van der Waals surface area contributed by atoms with Crippen molar-refractivity contribution in [2.24, 2.45) is 5.41 Å². The summed E-state index contributed by atoms with van der Waals surface area (Å²) in [5, 5.41) is 2.63. The second-order valence-electron chi connectivity index (χ2n) is 9.69. The van der Waals surface area contributed by atoms with E-state index in [2.05, 4.69) is 10.2 Å². The largest absolute Gasteiger partial charge is 0.489 e. The van der Waals surface area contributed by atoms with Gasteiger partial charge in [0.05, 0.1) is 25.0 Å². The molecule has 11 heteroatoms.